The van der Waals surface area contributed by atoms with Crippen LogP contribution in [0.5, 0.6) is 0 Å². The number of nitrogens with zero attached hydrogens (tertiary/aromatic N) is 1. The largest absolute Gasteiger partial charge is 0.330 e. The van der Waals surface area contributed by atoms with Crippen LogP contribution in [0.4, 0.5) is 5.69 Å². The van der Waals surface area contributed by atoms with Crippen molar-refractivity contribution in [2.75, 3.05) is 31.5 Å². The summed E-state index contributed by atoms with van der Waals surface area (Å²) in [5.41, 5.74) is 7.48. The number of carbonyl (C=O) groups excluding carboxylic acids is 1. The van der Waals surface area contributed by atoms with Gasteiger partial charge in [-0.1, -0.05) is 11.6 Å². The van der Waals surface area contributed by atoms with Crippen LogP contribution in [0.3, 0.4) is 0 Å². The molecule has 0 saturated carbocycles. The summed E-state index contributed by atoms with van der Waals surface area (Å²) in [5.74, 6) is 0.648. The van der Waals surface area contributed by atoms with Crippen molar-refractivity contribution in [3.05, 3.63) is 28.8 Å². The van der Waals surface area contributed by atoms with Crippen molar-refractivity contribution in [3.63, 3.8) is 0 Å². The standard InChI is InChI=1S/C15H22ClN3O.ClH/c1-11-8-13(16)2-3-14(11)18-15(20)10-19-6-4-12(9-17)5-7-19;/h2-3,8,12H,4-7,9-10,17H2,1H3,(H,18,20);1H. The van der Waals surface area contributed by atoms with E-state index in [1.807, 2.05) is 19.1 Å². The van der Waals surface area contributed by atoms with Crippen molar-refractivity contribution in [1.29, 1.82) is 0 Å². The third-order valence-corrected chi connectivity index (χ3v) is 4.11. The fraction of sp³-hybridized carbons (Fsp3) is 0.533. The number of anilines is 1. The molecule has 0 unspecified atom stereocenters. The molecule has 21 heavy (non-hydrogen) atoms. The maximum atomic E-state index is 12.1. The van der Waals surface area contributed by atoms with E-state index in [4.69, 9.17) is 17.3 Å². The molecule has 118 valence electrons. The Morgan fingerprint density at radius 1 is 1.43 bits per heavy atom. The van der Waals surface area contributed by atoms with Crippen molar-refractivity contribution in [3.8, 4) is 0 Å². The minimum absolute atomic E-state index is 0. The van der Waals surface area contributed by atoms with Crippen LogP contribution >= 0.6 is 24.0 Å². The van der Waals surface area contributed by atoms with Crippen LogP contribution in [0.25, 0.3) is 0 Å². The zero-order valence-corrected chi connectivity index (χ0v) is 13.8. The summed E-state index contributed by atoms with van der Waals surface area (Å²) in [7, 11) is 0. The average molecular weight is 332 g/mol. The number of rotatable bonds is 4. The predicted octanol–water partition coefficient (Wildman–Crippen LogP) is 2.68. The molecule has 0 aromatic heterocycles. The molecule has 6 heteroatoms. The molecule has 1 amide bonds. The fourth-order valence-corrected chi connectivity index (χ4v) is 2.77. The first-order chi connectivity index (χ1) is 9.58. The Labute approximate surface area is 137 Å². The molecule has 1 aliphatic heterocycles. The van der Waals surface area contributed by atoms with Crippen LogP contribution in [0.15, 0.2) is 18.2 Å². The number of piperidine rings is 1. The number of nitrogens with one attached hydrogen (secondary N) is 1. The van der Waals surface area contributed by atoms with E-state index in [1.165, 1.54) is 0 Å². The summed E-state index contributed by atoms with van der Waals surface area (Å²) in [6.45, 7) is 5.04. The van der Waals surface area contributed by atoms with Gasteiger partial charge in [0, 0.05) is 10.7 Å². The van der Waals surface area contributed by atoms with Crippen LogP contribution in [-0.2, 0) is 4.79 Å². The maximum Gasteiger partial charge on any atom is 0.238 e. The van der Waals surface area contributed by atoms with Gasteiger partial charge in [-0.25, -0.2) is 0 Å². The molecule has 0 bridgehead atoms. The lowest BCUT2D eigenvalue weighted by Crippen LogP contribution is -2.40. The smallest absolute Gasteiger partial charge is 0.238 e. The van der Waals surface area contributed by atoms with Gasteiger partial charge in [-0.05, 0) is 69.1 Å². The molecule has 0 spiro atoms. The van der Waals surface area contributed by atoms with Gasteiger partial charge in [-0.2, -0.15) is 0 Å². The molecular formula is C15H23Cl2N3O. The number of amides is 1. The summed E-state index contributed by atoms with van der Waals surface area (Å²) >= 11 is 5.91. The quantitative estimate of drug-likeness (QED) is 0.891. The van der Waals surface area contributed by atoms with E-state index in [2.05, 4.69) is 10.2 Å². The van der Waals surface area contributed by atoms with E-state index < -0.39 is 0 Å². The average Bonchev–Trinajstić information content (AvgIpc) is 2.43. The van der Waals surface area contributed by atoms with Gasteiger partial charge in [0.05, 0.1) is 6.54 Å². The number of carbonyl (C=O) groups is 1. The predicted molar refractivity (Wildman–Crippen MR) is 90.3 cm³/mol. The molecule has 4 nitrogen and oxygen atoms in total. The Morgan fingerprint density at radius 3 is 2.67 bits per heavy atom. The Kier molecular flexibility index (Phi) is 7.46. The molecule has 0 aliphatic carbocycles. The Bertz CT molecular complexity index is 474. The second kappa shape index (κ2) is 8.59. The normalized spacial score (nSPS) is 16.3. The first-order valence-corrected chi connectivity index (χ1v) is 7.44. The molecule has 1 saturated heterocycles. The Balaban J connectivity index is 0.00000220. The molecule has 1 aromatic rings. The van der Waals surface area contributed by atoms with Crippen molar-refractivity contribution < 1.29 is 4.79 Å². The maximum absolute atomic E-state index is 12.1. The van der Waals surface area contributed by atoms with Crippen LogP contribution in [-0.4, -0.2) is 37.0 Å². The minimum Gasteiger partial charge on any atom is -0.330 e. The van der Waals surface area contributed by atoms with Gasteiger partial charge in [0.2, 0.25) is 5.91 Å². The highest BCUT2D eigenvalue weighted by molar-refractivity contribution is 6.30. The molecule has 0 atom stereocenters. The lowest BCUT2D eigenvalue weighted by molar-refractivity contribution is -0.117. The topological polar surface area (TPSA) is 58.4 Å². The molecule has 1 heterocycles. The Morgan fingerprint density at radius 2 is 2.10 bits per heavy atom. The van der Waals surface area contributed by atoms with Crippen LogP contribution < -0.4 is 11.1 Å². The summed E-state index contributed by atoms with van der Waals surface area (Å²) < 4.78 is 0. The van der Waals surface area contributed by atoms with E-state index in [1.54, 1.807) is 6.07 Å². The van der Waals surface area contributed by atoms with Crippen molar-refractivity contribution in [2.45, 2.75) is 19.8 Å². The summed E-state index contributed by atoms with van der Waals surface area (Å²) in [5, 5.41) is 3.63. The summed E-state index contributed by atoms with van der Waals surface area (Å²) in [4.78, 5) is 14.2. The first-order valence-electron chi connectivity index (χ1n) is 7.07. The Hall–Kier alpha value is -0.810. The van der Waals surface area contributed by atoms with Crippen LogP contribution in [0.2, 0.25) is 5.02 Å². The monoisotopic (exact) mass is 331 g/mol. The van der Waals surface area contributed by atoms with Gasteiger partial charge >= 0.3 is 0 Å². The van der Waals surface area contributed by atoms with Crippen molar-refractivity contribution >= 4 is 35.6 Å². The summed E-state index contributed by atoms with van der Waals surface area (Å²) in [6, 6.07) is 5.48. The lowest BCUT2D eigenvalue weighted by Gasteiger charge is -2.30. The second-order valence-corrected chi connectivity index (χ2v) is 5.90. The number of benzene rings is 1. The van der Waals surface area contributed by atoms with Crippen LogP contribution in [0.1, 0.15) is 18.4 Å². The molecule has 1 aliphatic rings. The highest BCUT2D eigenvalue weighted by Gasteiger charge is 2.19. The third-order valence-electron chi connectivity index (χ3n) is 3.87. The van der Waals surface area contributed by atoms with Gasteiger partial charge < -0.3 is 11.1 Å². The number of halogens is 2. The number of hydrogen-bond acceptors (Lipinski definition) is 3. The molecule has 3 N–H and O–H groups in total. The number of hydrogen-bond donors (Lipinski definition) is 2. The SMILES string of the molecule is Cc1cc(Cl)ccc1NC(=O)CN1CCC(CN)CC1.Cl. The minimum atomic E-state index is 0. The van der Waals surface area contributed by atoms with E-state index >= 15 is 0 Å². The fourth-order valence-electron chi connectivity index (χ4n) is 2.54. The molecular weight excluding hydrogens is 309 g/mol. The highest BCUT2D eigenvalue weighted by Crippen LogP contribution is 2.20. The zero-order chi connectivity index (χ0) is 14.5. The van der Waals surface area contributed by atoms with Crippen molar-refractivity contribution in [1.82, 2.24) is 4.90 Å². The number of likely N-dealkylation sites (tertiary alicyclic amines) is 1. The number of aryl methyl sites for hydroxylation is 1. The second-order valence-electron chi connectivity index (χ2n) is 5.46. The van der Waals surface area contributed by atoms with Gasteiger partial charge in [0.25, 0.3) is 0 Å². The van der Waals surface area contributed by atoms with E-state index in [9.17, 15) is 4.79 Å². The molecule has 2 rings (SSSR count). The van der Waals surface area contributed by atoms with E-state index in [0.717, 1.165) is 43.7 Å². The van der Waals surface area contributed by atoms with Gasteiger partial charge in [-0.3, -0.25) is 9.69 Å². The summed E-state index contributed by atoms with van der Waals surface area (Å²) in [6.07, 6.45) is 2.17. The zero-order valence-electron chi connectivity index (χ0n) is 12.3. The highest BCUT2D eigenvalue weighted by atomic mass is 35.5. The number of nitrogens with two attached hydrogens (primary N) is 1. The molecule has 0 radical (unpaired) electrons. The van der Waals surface area contributed by atoms with E-state index in [-0.39, 0.29) is 18.3 Å². The van der Waals surface area contributed by atoms with Crippen molar-refractivity contribution in [2.24, 2.45) is 11.7 Å². The molecule has 1 aromatic carbocycles. The van der Waals surface area contributed by atoms with Gasteiger partial charge in [0.15, 0.2) is 0 Å². The first kappa shape index (κ1) is 18.2. The van der Waals surface area contributed by atoms with E-state index in [0.29, 0.717) is 17.5 Å². The van der Waals surface area contributed by atoms with Crippen LogP contribution in [0, 0.1) is 12.8 Å². The van der Waals surface area contributed by atoms with Gasteiger partial charge in [-0.15, -0.1) is 12.4 Å². The lowest BCUT2D eigenvalue weighted by atomic mass is 9.97. The molecule has 1 fully saturated rings. The van der Waals surface area contributed by atoms with Gasteiger partial charge in [0.1, 0.15) is 0 Å². The third kappa shape index (κ3) is 5.47.